The molecule has 42 heavy (non-hydrogen) atoms. The first-order valence-corrected chi connectivity index (χ1v) is 14.6. The molecule has 220 valence electrons. The van der Waals surface area contributed by atoms with Gasteiger partial charge >= 0.3 is 0 Å². The second-order valence-electron chi connectivity index (χ2n) is 11.0. The van der Waals surface area contributed by atoms with Crippen molar-refractivity contribution in [2.75, 3.05) is 46.0 Å². The van der Waals surface area contributed by atoms with Gasteiger partial charge in [-0.25, -0.2) is 0 Å². The summed E-state index contributed by atoms with van der Waals surface area (Å²) >= 11 is 0. The van der Waals surface area contributed by atoms with Crippen LogP contribution in [0.25, 0.3) is 5.76 Å². The molecule has 0 bridgehead atoms. The van der Waals surface area contributed by atoms with Gasteiger partial charge in [0, 0.05) is 31.7 Å². The number of aliphatic hydroxyl groups is 1. The SMILES string of the molecule is CC(C)COc1ccc(/C(O)=C2\C(=O)C(=O)N(CCCN3CCOCC3)C2c2cccc(Oc3ccccc3)c2)cc1. The first kappa shape index (κ1) is 29.4. The summed E-state index contributed by atoms with van der Waals surface area (Å²) in [7, 11) is 0. The third kappa shape index (κ3) is 7.01. The number of carbonyl (C=O) groups excluding carboxylic acids is 2. The van der Waals surface area contributed by atoms with Gasteiger partial charge in [0.2, 0.25) is 0 Å². The van der Waals surface area contributed by atoms with Crippen LogP contribution in [0.2, 0.25) is 0 Å². The van der Waals surface area contributed by atoms with Crippen LogP contribution in [0.5, 0.6) is 17.2 Å². The maximum atomic E-state index is 13.5. The van der Waals surface area contributed by atoms with Gasteiger partial charge in [-0.05, 0) is 66.4 Å². The van der Waals surface area contributed by atoms with E-state index >= 15 is 0 Å². The van der Waals surface area contributed by atoms with E-state index in [-0.39, 0.29) is 11.3 Å². The van der Waals surface area contributed by atoms with Crippen LogP contribution in [0, 0.1) is 5.92 Å². The van der Waals surface area contributed by atoms with Crippen molar-refractivity contribution < 1.29 is 28.9 Å². The average molecular weight is 571 g/mol. The van der Waals surface area contributed by atoms with Gasteiger partial charge in [0.15, 0.2) is 0 Å². The normalized spacial score (nSPS) is 18.9. The fourth-order valence-electron chi connectivity index (χ4n) is 5.25. The number of amides is 1. The highest BCUT2D eigenvalue weighted by Gasteiger charge is 2.46. The molecule has 1 atom stereocenters. The molecular formula is C34H38N2O6. The number of ketones is 1. The van der Waals surface area contributed by atoms with E-state index in [1.807, 2.05) is 54.6 Å². The summed E-state index contributed by atoms with van der Waals surface area (Å²) in [6.07, 6.45) is 0.686. The van der Waals surface area contributed by atoms with Gasteiger partial charge in [-0.15, -0.1) is 0 Å². The summed E-state index contributed by atoms with van der Waals surface area (Å²) in [5.74, 6) is 0.773. The maximum Gasteiger partial charge on any atom is 0.295 e. The summed E-state index contributed by atoms with van der Waals surface area (Å²) in [5.41, 5.74) is 1.20. The molecule has 0 spiro atoms. The number of hydrogen-bond acceptors (Lipinski definition) is 7. The van der Waals surface area contributed by atoms with Gasteiger partial charge in [0.1, 0.15) is 23.0 Å². The number of benzene rings is 3. The van der Waals surface area contributed by atoms with E-state index < -0.39 is 17.7 Å². The molecule has 3 aromatic rings. The Kier molecular flexibility index (Phi) is 9.56. The molecule has 2 fully saturated rings. The smallest absolute Gasteiger partial charge is 0.295 e. The number of para-hydroxylation sites is 1. The first-order valence-electron chi connectivity index (χ1n) is 14.6. The van der Waals surface area contributed by atoms with Crippen LogP contribution in [0.3, 0.4) is 0 Å². The molecule has 8 nitrogen and oxygen atoms in total. The second-order valence-corrected chi connectivity index (χ2v) is 11.0. The lowest BCUT2D eigenvalue weighted by Crippen LogP contribution is -2.38. The number of ether oxygens (including phenoxy) is 3. The summed E-state index contributed by atoms with van der Waals surface area (Å²) < 4.78 is 17.3. The highest BCUT2D eigenvalue weighted by Crippen LogP contribution is 2.41. The summed E-state index contributed by atoms with van der Waals surface area (Å²) in [6, 6.07) is 23.0. The van der Waals surface area contributed by atoms with E-state index in [2.05, 4.69) is 18.7 Å². The van der Waals surface area contributed by atoms with Crippen molar-refractivity contribution in [2.24, 2.45) is 5.92 Å². The Morgan fingerprint density at radius 1 is 0.905 bits per heavy atom. The summed E-state index contributed by atoms with van der Waals surface area (Å²) in [4.78, 5) is 30.8. The molecule has 1 unspecified atom stereocenters. The Labute approximate surface area is 247 Å². The van der Waals surface area contributed by atoms with Crippen molar-refractivity contribution in [3.8, 4) is 17.2 Å². The number of carbonyl (C=O) groups is 2. The highest BCUT2D eigenvalue weighted by molar-refractivity contribution is 6.46. The quantitative estimate of drug-likeness (QED) is 0.181. The largest absolute Gasteiger partial charge is 0.507 e. The monoisotopic (exact) mass is 570 g/mol. The topological polar surface area (TPSA) is 88.5 Å². The number of aliphatic hydroxyl groups excluding tert-OH is 1. The number of Topliss-reactive ketones (excluding diaryl/α,β-unsaturated/α-hetero) is 1. The fourth-order valence-corrected chi connectivity index (χ4v) is 5.25. The first-order chi connectivity index (χ1) is 20.4. The molecule has 3 aromatic carbocycles. The number of likely N-dealkylation sites (tertiary alicyclic amines) is 1. The maximum absolute atomic E-state index is 13.5. The lowest BCUT2D eigenvalue weighted by molar-refractivity contribution is -0.140. The van der Waals surface area contributed by atoms with Crippen LogP contribution in [-0.4, -0.2) is 72.6 Å². The summed E-state index contributed by atoms with van der Waals surface area (Å²) in [5, 5.41) is 11.5. The van der Waals surface area contributed by atoms with Gasteiger partial charge < -0.3 is 24.2 Å². The van der Waals surface area contributed by atoms with Crippen molar-refractivity contribution in [3.63, 3.8) is 0 Å². The van der Waals surface area contributed by atoms with Crippen LogP contribution in [0.15, 0.2) is 84.4 Å². The minimum atomic E-state index is -0.758. The van der Waals surface area contributed by atoms with Crippen molar-refractivity contribution in [1.82, 2.24) is 9.80 Å². The minimum absolute atomic E-state index is 0.0686. The Morgan fingerprint density at radius 2 is 1.62 bits per heavy atom. The van der Waals surface area contributed by atoms with Crippen molar-refractivity contribution in [2.45, 2.75) is 26.3 Å². The molecule has 2 aliphatic rings. The molecule has 1 amide bonds. The van der Waals surface area contributed by atoms with E-state index in [0.29, 0.717) is 67.1 Å². The lowest BCUT2D eigenvalue weighted by Gasteiger charge is -2.29. The van der Waals surface area contributed by atoms with Crippen molar-refractivity contribution in [3.05, 3.63) is 95.6 Å². The molecular weight excluding hydrogens is 532 g/mol. The predicted octanol–water partition coefficient (Wildman–Crippen LogP) is 5.66. The zero-order chi connectivity index (χ0) is 29.5. The molecule has 2 aliphatic heterocycles. The predicted molar refractivity (Wildman–Crippen MR) is 161 cm³/mol. The van der Waals surface area contributed by atoms with Crippen LogP contribution >= 0.6 is 0 Å². The Balaban J connectivity index is 1.46. The van der Waals surface area contributed by atoms with Gasteiger partial charge in [-0.3, -0.25) is 14.5 Å². The van der Waals surface area contributed by atoms with Crippen LogP contribution in [-0.2, 0) is 14.3 Å². The van der Waals surface area contributed by atoms with Crippen molar-refractivity contribution in [1.29, 1.82) is 0 Å². The summed E-state index contributed by atoms with van der Waals surface area (Å²) in [6.45, 7) is 8.95. The second kappa shape index (κ2) is 13.7. The van der Waals surface area contributed by atoms with E-state index in [9.17, 15) is 14.7 Å². The zero-order valence-corrected chi connectivity index (χ0v) is 24.2. The molecule has 0 aliphatic carbocycles. The third-order valence-electron chi connectivity index (χ3n) is 7.38. The van der Waals surface area contributed by atoms with Gasteiger partial charge in [0.05, 0.1) is 31.4 Å². The highest BCUT2D eigenvalue weighted by atomic mass is 16.5. The molecule has 0 saturated carbocycles. The Bertz CT molecular complexity index is 1400. The van der Waals surface area contributed by atoms with Gasteiger partial charge in [0.25, 0.3) is 11.7 Å². The Hall–Kier alpha value is -4.14. The number of morpholine rings is 1. The van der Waals surface area contributed by atoms with Crippen LogP contribution < -0.4 is 9.47 Å². The van der Waals surface area contributed by atoms with E-state index in [4.69, 9.17) is 14.2 Å². The number of rotatable bonds is 11. The van der Waals surface area contributed by atoms with E-state index in [0.717, 1.165) is 19.6 Å². The lowest BCUT2D eigenvalue weighted by atomic mass is 9.95. The van der Waals surface area contributed by atoms with E-state index in [1.54, 1.807) is 29.2 Å². The fraction of sp³-hybridized carbons (Fsp3) is 0.353. The van der Waals surface area contributed by atoms with Crippen LogP contribution in [0.1, 0.15) is 37.4 Å². The minimum Gasteiger partial charge on any atom is -0.507 e. The molecule has 8 heteroatoms. The molecule has 0 radical (unpaired) electrons. The molecule has 0 aromatic heterocycles. The molecule has 2 saturated heterocycles. The van der Waals surface area contributed by atoms with Crippen molar-refractivity contribution >= 4 is 17.4 Å². The molecule has 1 N–H and O–H groups in total. The standard InChI is InChI=1S/C34H38N2O6/c1-24(2)23-41-27-14-12-25(13-15-27)32(37)30-31(26-8-6-11-29(22-26)42-28-9-4-3-5-10-28)36(34(39)33(30)38)17-7-16-35-18-20-40-21-19-35/h3-6,8-15,22,24,31,37H,7,16-21,23H2,1-2H3/b32-30+. The van der Waals surface area contributed by atoms with Gasteiger partial charge in [-0.1, -0.05) is 44.2 Å². The third-order valence-corrected chi connectivity index (χ3v) is 7.38. The molecule has 2 heterocycles. The zero-order valence-electron chi connectivity index (χ0n) is 24.2. The van der Waals surface area contributed by atoms with Gasteiger partial charge in [-0.2, -0.15) is 0 Å². The molecule has 5 rings (SSSR count). The number of hydrogen-bond donors (Lipinski definition) is 1. The van der Waals surface area contributed by atoms with E-state index in [1.165, 1.54) is 0 Å². The Morgan fingerprint density at radius 3 is 2.33 bits per heavy atom. The average Bonchev–Trinajstić information content (AvgIpc) is 3.26. The van der Waals surface area contributed by atoms with Crippen LogP contribution in [0.4, 0.5) is 0 Å². The number of nitrogens with zero attached hydrogens (tertiary/aromatic N) is 2.